The van der Waals surface area contributed by atoms with E-state index in [0.29, 0.717) is 11.3 Å². The quantitative estimate of drug-likeness (QED) is 0.585. The third-order valence-electron chi connectivity index (χ3n) is 3.92. The SMILES string of the molecule is O=C(Cn1ccc(OCc2ccc(Br)cn2)cc1=O)c1ccc(CO)cc1. The number of aromatic nitrogens is 2. The molecular weight excluding hydrogens is 412 g/mol. The zero-order valence-corrected chi connectivity index (χ0v) is 15.9. The predicted molar refractivity (Wildman–Crippen MR) is 104 cm³/mol. The van der Waals surface area contributed by atoms with Gasteiger partial charge >= 0.3 is 0 Å². The van der Waals surface area contributed by atoms with E-state index < -0.39 is 0 Å². The van der Waals surface area contributed by atoms with E-state index in [1.54, 1.807) is 36.5 Å². The Morgan fingerprint density at radius 3 is 2.56 bits per heavy atom. The summed E-state index contributed by atoms with van der Waals surface area (Å²) >= 11 is 3.32. The highest BCUT2D eigenvalue weighted by Crippen LogP contribution is 2.12. The molecule has 0 bridgehead atoms. The number of ether oxygens (including phenoxy) is 1. The van der Waals surface area contributed by atoms with Gasteiger partial charge in [-0.15, -0.1) is 0 Å². The monoisotopic (exact) mass is 428 g/mol. The smallest absolute Gasteiger partial charge is 0.254 e. The van der Waals surface area contributed by atoms with Crippen LogP contribution in [0.5, 0.6) is 5.75 Å². The number of nitrogens with zero attached hydrogens (tertiary/aromatic N) is 2. The number of hydrogen-bond donors (Lipinski definition) is 1. The van der Waals surface area contributed by atoms with Crippen LogP contribution < -0.4 is 10.3 Å². The highest BCUT2D eigenvalue weighted by molar-refractivity contribution is 9.10. The van der Waals surface area contributed by atoms with E-state index in [1.807, 2.05) is 12.1 Å². The molecule has 7 heteroatoms. The summed E-state index contributed by atoms with van der Waals surface area (Å²) in [6, 6.07) is 13.3. The average molecular weight is 429 g/mol. The summed E-state index contributed by atoms with van der Waals surface area (Å²) in [7, 11) is 0. The Balaban J connectivity index is 1.64. The van der Waals surface area contributed by atoms with Crippen LogP contribution in [-0.2, 0) is 19.8 Å². The molecule has 0 spiro atoms. The topological polar surface area (TPSA) is 81.4 Å². The number of carbonyl (C=O) groups excluding carboxylic acids is 1. The zero-order valence-electron chi connectivity index (χ0n) is 14.3. The van der Waals surface area contributed by atoms with Gasteiger partial charge in [0.15, 0.2) is 5.78 Å². The molecule has 0 aliphatic heterocycles. The third kappa shape index (κ3) is 5.12. The molecule has 2 aromatic heterocycles. The summed E-state index contributed by atoms with van der Waals surface area (Å²) in [5, 5.41) is 9.05. The normalized spacial score (nSPS) is 10.6. The van der Waals surface area contributed by atoms with Gasteiger partial charge in [-0.3, -0.25) is 14.6 Å². The highest BCUT2D eigenvalue weighted by atomic mass is 79.9. The lowest BCUT2D eigenvalue weighted by molar-refractivity contribution is 0.0970. The maximum atomic E-state index is 12.3. The van der Waals surface area contributed by atoms with Gasteiger partial charge in [0.2, 0.25) is 0 Å². The number of hydrogen-bond acceptors (Lipinski definition) is 5. The molecule has 2 heterocycles. The van der Waals surface area contributed by atoms with E-state index in [4.69, 9.17) is 9.84 Å². The summed E-state index contributed by atoms with van der Waals surface area (Å²) in [5.74, 6) is 0.232. The first-order valence-electron chi connectivity index (χ1n) is 8.22. The molecule has 0 saturated carbocycles. The number of carbonyl (C=O) groups is 1. The van der Waals surface area contributed by atoms with Crippen molar-refractivity contribution in [1.82, 2.24) is 9.55 Å². The van der Waals surface area contributed by atoms with Gasteiger partial charge < -0.3 is 14.4 Å². The number of benzene rings is 1. The van der Waals surface area contributed by atoms with Gasteiger partial charge in [0, 0.05) is 28.5 Å². The van der Waals surface area contributed by atoms with Crippen LogP contribution in [-0.4, -0.2) is 20.4 Å². The second-order valence-corrected chi connectivity index (χ2v) is 6.78. The van der Waals surface area contributed by atoms with E-state index in [-0.39, 0.29) is 31.1 Å². The van der Waals surface area contributed by atoms with Crippen molar-refractivity contribution in [3.05, 3.63) is 92.6 Å². The van der Waals surface area contributed by atoms with Crippen molar-refractivity contribution in [1.29, 1.82) is 0 Å². The first-order chi connectivity index (χ1) is 13.0. The Kier molecular flexibility index (Phi) is 6.16. The van der Waals surface area contributed by atoms with Gasteiger partial charge in [-0.1, -0.05) is 24.3 Å². The lowest BCUT2D eigenvalue weighted by atomic mass is 10.1. The molecule has 138 valence electrons. The van der Waals surface area contributed by atoms with E-state index in [1.165, 1.54) is 16.8 Å². The lowest BCUT2D eigenvalue weighted by Gasteiger charge is -2.09. The van der Waals surface area contributed by atoms with Gasteiger partial charge in [-0.25, -0.2) is 0 Å². The second kappa shape index (κ2) is 8.75. The summed E-state index contributed by atoms with van der Waals surface area (Å²) in [4.78, 5) is 28.8. The van der Waals surface area contributed by atoms with Gasteiger partial charge in [0.1, 0.15) is 12.4 Å². The van der Waals surface area contributed by atoms with Gasteiger partial charge in [0.25, 0.3) is 5.56 Å². The van der Waals surface area contributed by atoms with E-state index in [9.17, 15) is 9.59 Å². The molecule has 27 heavy (non-hydrogen) atoms. The Labute approximate surface area is 164 Å². The molecule has 0 aliphatic rings. The predicted octanol–water partition coefficient (Wildman–Crippen LogP) is 2.96. The van der Waals surface area contributed by atoms with Crippen molar-refractivity contribution in [3.63, 3.8) is 0 Å². The first-order valence-corrected chi connectivity index (χ1v) is 9.01. The molecule has 0 saturated heterocycles. The van der Waals surface area contributed by atoms with E-state index in [2.05, 4.69) is 20.9 Å². The number of halogens is 1. The Hall–Kier alpha value is -2.77. The third-order valence-corrected chi connectivity index (χ3v) is 4.38. The summed E-state index contributed by atoms with van der Waals surface area (Å²) in [6.07, 6.45) is 3.21. The van der Waals surface area contributed by atoms with Gasteiger partial charge in [-0.05, 0) is 39.7 Å². The minimum Gasteiger partial charge on any atom is -0.487 e. The number of rotatable bonds is 7. The molecule has 0 radical (unpaired) electrons. The lowest BCUT2D eigenvalue weighted by Crippen LogP contribution is -2.23. The van der Waals surface area contributed by atoms with Crippen molar-refractivity contribution in [3.8, 4) is 5.75 Å². The standard InChI is InChI=1S/C20H17BrN2O4/c21-16-5-6-17(22-10-16)13-27-18-7-8-23(20(26)9-18)11-19(25)15-3-1-14(12-24)2-4-15/h1-10,24H,11-13H2. The molecule has 1 N–H and O–H groups in total. The molecular formula is C20H17BrN2O4. The number of aliphatic hydroxyl groups is 1. The van der Waals surface area contributed by atoms with Crippen molar-refractivity contribution in [2.75, 3.05) is 0 Å². The zero-order chi connectivity index (χ0) is 19.2. The summed E-state index contributed by atoms with van der Waals surface area (Å²) in [5.41, 5.74) is 1.63. The molecule has 1 aromatic carbocycles. The average Bonchev–Trinajstić information content (AvgIpc) is 2.69. The van der Waals surface area contributed by atoms with Crippen LogP contribution in [0.25, 0.3) is 0 Å². The molecule has 0 unspecified atom stereocenters. The van der Waals surface area contributed by atoms with E-state index in [0.717, 1.165) is 15.7 Å². The molecule has 0 amide bonds. The van der Waals surface area contributed by atoms with Crippen LogP contribution >= 0.6 is 15.9 Å². The number of pyridine rings is 2. The van der Waals surface area contributed by atoms with Crippen molar-refractivity contribution >= 4 is 21.7 Å². The molecule has 0 aliphatic carbocycles. The number of ketones is 1. The summed E-state index contributed by atoms with van der Waals surface area (Å²) < 4.78 is 7.79. The van der Waals surface area contributed by atoms with Crippen molar-refractivity contribution in [2.24, 2.45) is 0 Å². The van der Waals surface area contributed by atoms with Gasteiger partial charge in [0.05, 0.1) is 18.8 Å². The van der Waals surface area contributed by atoms with Crippen LogP contribution in [0, 0.1) is 0 Å². The molecule has 0 fully saturated rings. The Bertz CT molecular complexity index is 982. The first kappa shape index (κ1) is 19.0. The molecule has 6 nitrogen and oxygen atoms in total. The Morgan fingerprint density at radius 1 is 1.15 bits per heavy atom. The van der Waals surface area contributed by atoms with Crippen LogP contribution in [0.3, 0.4) is 0 Å². The summed E-state index contributed by atoms with van der Waals surface area (Å²) in [6.45, 7) is 0.101. The van der Waals surface area contributed by atoms with Crippen LogP contribution in [0.2, 0.25) is 0 Å². The van der Waals surface area contributed by atoms with Crippen LogP contribution in [0.1, 0.15) is 21.6 Å². The maximum Gasteiger partial charge on any atom is 0.254 e. The fourth-order valence-corrected chi connectivity index (χ4v) is 2.64. The molecule has 3 aromatic rings. The van der Waals surface area contributed by atoms with Crippen molar-refractivity contribution < 1.29 is 14.6 Å². The fraction of sp³-hybridized carbons (Fsp3) is 0.150. The highest BCUT2D eigenvalue weighted by Gasteiger charge is 2.09. The number of Topliss-reactive ketones (excluding diaryl/α,β-unsaturated/α-hetero) is 1. The molecule has 0 atom stereocenters. The second-order valence-electron chi connectivity index (χ2n) is 5.86. The Morgan fingerprint density at radius 2 is 1.93 bits per heavy atom. The minimum absolute atomic E-state index is 0.0636. The largest absolute Gasteiger partial charge is 0.487 e. The van der Waals surface area contributed by atoms with Crippen LogP contribution in [0.15, 0.2) is 70.2 Å². The maximum absolute atomic E-state index is 12.3. The van der Waals surface area contributed by atoms with E-state index >= 15 is 0 Å². The van der Waals surface area contributed by atoms with Crippen LogP contribution in [0.4, 0.5) is 0 Å². The van der Waals surface area contributed by atoms with Crippen molar-refractivity contribution in [2.45, 2.75) is 19.8 Å². The van der Waals surface area contributed by atoms with Gasteiger partial charge in [-0.2, -0.15) is 0 Å². The fourth-order valence-electron chi connectivity index (χ4n) is 2.40. The number of aliphatic hydroxyl groups excluding tert-OH is 1. The minimum atomic E-state index is -0.323. The molecule has 3 rings (SSSR count).